The van der Waals surface area contributed by atoms with E-state index in [2.05, 4.69) is 5.32 Å². The maximum Gasteiger partial charge on any atom is 0.410 e. The number of alkyl carbamates (subject to hydrolysis) is 1. The molecule has 0 aromatic rings. The van der Waals surface area contributed by atoms with Crippen molar-refractivity contribution in [3.8, 4) is 0 Å². The molecule has 1 N–H and O–H groups in total. The van der Waals surface area contributed by atoms with Crippen molar-refractivity contribution in [1.29, 1.82) is 0 Å². The van der Waals surface area contributed by atoms with Gasteiger partial charge in [0, 0.05) is 20.9 Å². The SMILES string of the molecule is CNC(=O)OC(C)(C)OC(=O)C(C)C. The first-order valence-electron chi connectivity index (χ1n) is 4.42. The number of carbonyl (C=O) groups is 2. The molecule has 0 heterocycles. The second-order valence-corrected chi connectivity index (χ2v) is 3.62. The van der Waals surface area contributed by atoms with Gasteiger partial charge in [-0.05, 0) is 0 Å². The van der Waals surface area contributed by atoms with E-state index in [4.69, 9.17) is 9.47 Å². The third-order valence-corrected chi connectivity index (χ3v) is 1.36. The molecule has 0 aliphatic carbocycles. The summed E-state index contributed by atoms with van der Waals surface area (Å²) in [5.74, 6) is -1.89. The van der Waals surface area contributed by atoms with Crippen LogP contribution in [-0.2, 0) is 14.3 Å². The van der Waals surface area contributed by atoms with Crippen molar-refractivity contribution in [3.63, 3.8) is 0 Å². The van der Waals surface area contributed by atoms with Crippen LogP contribution in [0.2, 0.25) is 0 Å². The molecule has 0 saturated carbocycles. The highest BCUT2D eigenvalue weighted by atomic mass is 16.7. The van der Waals surface area contributed by atoms with Gasteiger partial charge >= 0.3 is 12.1 Å². The van der Waals surface area contributed by atoms with Crippen molar-refractivity contribution in [2.75, 3.05) is 7.05 Å². The summed E-state index contributed by atoms with van der Waals surface area (Å²) in [4.78, 5) is 22.0. The third-order valence-electron chi connectivity index (χ3n) is 1.36. The molecule has 0 saturated heterocycles. The number of amides is 1. The molecule has 5 nitrogen and oxygen atoms in total. The monoisotopic (exact) mass is 203 g/mol. The number of rotatable bonds is 3. The number of esters is 1. The molecule has 0 radical (unpaired) electrons. The van der Waals surface area contributed by atoms with Gasteiger partial charge in [-0.1, -0.05) is 13.8 Å². The van der Waals surface area contributed by atoms with Crippen molar-refractivity contribution in [2.24, 2.45) is 5.92 Å². The summed E-state index contributed by atoms with van der Waals surface area (Å²) in [6.45, 7) is 6.42. The molecular formula is C9H17NO4. The Balaban J connectivity index is 4.20. The van der Waals surface area contributed by atoms with E-state index >= 15 is 0 Å². The minimum absolute atomic E-state index is 0.248. The van der Waals surface area contributed by atoms with Crippen LogP contribution in [0.15, 0.2) is 0 Å². The molecule has 0 unspecified atom stereocenters. The number of ether oxygens (including phenoxy) is 2. The van der Waals surface area contributed by atoms with E-state index in [-0.39, 0.29) is 5.92 Å². The van der Waals surface area contributed by atoms with Gasteiger partial charge in [-0.3, -0.25) is 4.79 Å². The Morgan fingerprint density at radius 3 is 2.07 bits per heavy atom. The smallest absolute Gasteiger partial charge is 0.410 e. The van der Waals surface area contributed by atoms with E-state index in [0.29, 0.717) is 0 Å². The van der Waals surface area contributed by atoms with Gasteiger partial charge in [-0.25, -0.2) is 4.79 Å². The van der Waals surface area contributed by atoms with Crippen LogP contribution in [0.5, 0.6) is 0 Å². The first kappa shape index (κ1) is 12.7. The average molecular weight is 203 g/mol. The summed E-state index contributed by atoms with van der Waals surface area (Å²) < 4.78 is 9.76. The van der Waals surface area contributed by atoms with E-state index < -0.39 is 17.8 Å². The van der Waals surface area contributed by atoms with E-state index in [1.54, 1.807) is 13.8 Å². The third kappa shape index (κ3) is 4.69. The Morgan fingerprint density at radius 2 is 1.71 bits per heavy atom. The van der Waals surface area contributed by atoms with Crippen LogP contribution in [0.1, 0.15) is 27.7 Å². The van der Waals surface area contributed by atoms with Gasteiger partial charge in [0.2, 0.25) is 0 Å². The van der Waals surface area contributed by atoms with Crippen molar-refractivity contribution in [1.82, 2.24) is 5.32 Å². The minimum Gasteiger partial charge on any atom is -0.423 e. The van der Waals surface area contributed by atoms with Crippen LogP contribution < -0.4 is 5.32 Å². The largest absolute Gasteiger partial charge is 0.423 e. The Bertz CT molecular complexity index is 223. The Morgan fingerprint density at radius 1 is 1.21 bits per heavy atom. The van der Waals surface area contributed by atoms with Gasteiger partial charge in [-0.2, -0.15) is 0 Å². The number of carbonyl (C=O) groups excluding carboxylic acids is 2. The molecule has 0 fully saturated rings. The topological polar surface area (TPSA) is 64.6 Å². The molecule has 0 atom stereocenters. The quantitative estimate of drug-likeness (QED) is 0.554. The summed E-state index contributed by atoms with van der Waals surface area (Å²) in [7, 11) is 1.43. The Kier molecular flexibility index (Phi) is 4.40. The van der Waals surface area contributed by atoms with Crippen molar-refractivity contribution in [2.45, 2.75) is 33.5 Å². The summed E-state index contributed by atoms with van der Waals surface area (Å²) in [6, 6.07) is 0. The highest BCUT2D eigenvalue weighted by Crippen LogP contribution is 2.14. The zero-order chi connectivity index (χ0) is 11.4. The van der Waals surface area contributed by atoms with Crippen molar-refractivity contribution < 1.29 is 19.1 Å². The van der Waals surface area contributed by atoms with Gasteiger partial charge in [0.05, 0.1) is 5.92 Å². The fraction of sp³-hybridized carbons (Fsp3) is 0.778. The molecule has 0 aliphatic heterocycles. The van der Waals surface area contributed by atoms with Gasteiger partial charge in [0.25, 0.3) is 5.79 Å². The molecule has 0 bridgehead atoms. The zero-order valence-corrected chi connectivity index (χ0v) is 9.21. The van der Waals surface area contributed by atoms with Gasteiger partial charge in [0.1, 0.15) is 0 Å². The van der Waals surface area contributed by atoms with E-state index in [1.807, 2.05) is 0 Å². The maximum absolute atomic E-state index is 11.2. The van der Waals surface area contributed by atoms with Crippen molar-refractivity contribution in [3.05, 3.63) is 0 Å². The van der Waals surface area contributed by atoms with Gasteiger partial charge in [-0.15, -0.1) is 0 Å². The number of hydrogen-bond acceptors (Lipinski definition) is 4. The molecule has 5 heteroatoms. The second-order valence-electron chi connectivity index (χ2n) is 3.62. The minimum atomic E-state index is -1.23. The first-order valence-corrected chi connectivity index (χ1v) is 4.42. The lowest BCUT2D eigenvalue weighted by Gasteiger charge is -2.25. The summed E-state index contributed by atoms with van der Waals surface area (Å²) >= 11 is 0. The van der Waals surface area contributed by atoms with Gasteiger partial charge < -0.3 is 14.8 Å². The Labute approximate surface area is 83.8 Å². The molecule has 0 rings (SSSR count). The van der Waals surface area contributed by atoms with Crippen LogP contribution in [0.25, 0.3) is 0 Å². The molecule has 0 aromatic carbocycles. The highest BCUT2D eigenvalue weighted by molar-refractivity contribution is 5.72. The summed E-state index contributed by atoms with van der Waals surface area (Å²) in [6.07, 6.45) is -0.633. The van der Waals surface area contributed by atoms with Crippen LogP contribution >= 0.6 is 0 Å². The molecule has 82 valence electrons. The standard InChI is InChI=1S/C9H17NO4/c1-6(2)7(11)13-9(3,4)14-8(12)10-5/h6H,1-5H3,(H,10,12). The van der Waals surface area contributed by atoms with E-state index in [0.717, 1.165) is 0 Å². The molecule has 0 aromatic heterocycles. The molecule has 14 heavy (non-hydrogen) atoms. The fourth-order valence-electron chi connectivity index (χ4n) is 0.655. The van der Waals surface area contributed by atoms with Crippen LogP contribution in [0.4, 0.5) is 4.79 Å². The van der Waals surface area contributed by atoms with Crippen molar-refractivity contribution >= 4 is 12.1 Å². The molecular weight excluding hydrogens is 186 g/mol. The van der Waals surface area contributed by atoms with E-state index in [9.17, 15) is 9.59 Å². The van der Waals surface area contributed by atoms with Crippen LogP contribution in [0.3, 0.4) is 0 Å². The lowest BCUT2D eigenvalue weighted by Crippen LogP contribution is -2.38. The van der Waals surface area contributed by atoms with Gasteiger partial charge in [0.15, 0.2) is 0 Å². The van der Waals surface area contributed by atoms with Crippen LogP contribution in [-0.4, -0.2) is 24.9 Å². The molecule has 0 spiro atoms. The molecule has 1 amide bonds. The normalized spacial score (nSPS) is 11.0. The Hall–Kier alpha value is -1.26. The summed E-state index contributed by atoms with van der Waals surface area (Å²) in [5, 5.41) is 2.27. The second kappa shape index (κ2) is 4.83. The predicted molar refractivity (Wildman–Crippen MR) is 50.5 cm³/mol. The fourth-order valence-corrected chi connectivity index (χ4v) is 0.655. The molecule has 0 aliphatic rings. The average Bonchev–Trinajstić information content (AvgIpc) is 2.02. The predicted octanol–water partition coefficient (Wildman–Crippen LogP) is 1.28. The highest BCUT2D eigenvalue weighted by Gasteiger charge is 2.28. The summed E-state index contributed by atoms with van der Waals surface area (Å²) in [5.41, 5.74) is 0. The zero-order valence-electron chi connectivity index (χ0n) is 9.21. The lowest BCUT2D eigenvalue weighted by molar-refractivity contribution is -0.197. The maximum atomic E-state index is 11.2. The lowest BCUT2D eigenvalue weighted by atomic mass is 10.2. The number of nitrogens with one attached hydrogen (secondary N) is 1. The number of hydrogen-bond donors (Lipinski definition) is 1. The first-order chi connectivity index (χ1) is 6.28. The van der Waals surface area contributed by atoms with Crippen LogP contribution in [0, 0.1) is 5.92 Å². The van der Waals surface area contributed by atoms with E-state index in [1.165, 1.54) is 20.9 Å².